The quantitative estimate of drug-likeness (QED) is 0.655. The van der Waals surface area contributed by atoms with Crippen LogP contribution in [0.3, 0.4) is 0 Å². The third kappa shape index (κ3) is 1.75. The average Bonchev–Trinajstić information content (AvgIpc) is 2.58. The number of rotatable bonds is 1. The second kappa shape index (κ2) is 3.58. The molecule has 2 heteroatoms. The number of nitrogens with zero attached hydrogens (tertiary/aromatic N) is 1. The number of hydrogen-bond acceptors (Lipinski definition) is 2. The average molecular weight is 182 g/mol. The van der Waals surface area contributed by atoms with Crippen molar-refractivity contribution in [2.75, 3.05) is 26.7 Å². The second-order valence-corrected chi connectivity index (χ2v) is 5.11. The summed E-state index contributed by atoms with van der Waals surface area (Å²) in [6.07, 6.45) is 1.37. The zero-order valence-electron chi connectivity index (χ0n) is 9.09. The van der Waals surface area contributed by atoms with Crippen molar-refractivity contribution in [3.8, 4) is 0 Å². The summed E-state index contributed by atoms with van der Waals surface area (Å²) >= 11 is 0. The highest BCUT2D eigenvalue weighted by atomic mass is 15.1. The monoisotopic (exact) mass is 182 g/mol. The second-order valence-electron chi connectivity index (χ2n) is 5.11. The molecule has 0 spiro atoms. The number of nitrogens with one attached hydrogen (secondary N) is 1. The van der Waals surface area contributed by atoms with Gasteiger partial charge in [0, 0.05) is 19.1 Å². The molecule has 13 heavy (non-hydrogen) atoms. The smallest absolute Gasteiger partial charge is 0.0137 e. The third-order valence-electron chi connectivity index (χ3n) is 3.91. The fraction of sp³-hybridized carbons (Fsp3) is 1.00. The molecule has 76 valence electrons. The van der Waals surface area contributed by atoms with Crippen LogP contribution in [0, 0.1) is 17.8 Å². The highest BCUT2D eigenvalue weighted by Crippen LogP contribution is 2.31. The lowest BCUT2D eigenvalue weighted by Crippen LogP contribution is -2.37. The van der Waals surface area contributed by atoms with E-state index in [1.807, 2.05) is 0 Å². The van der Waals surface area contributed by atoms with Crippen molar-refractivity contribution in [3.63, 3.8) is 0 Å². The molecule has 0 aromatic rings. The van der Waals surface area contributed by atoms with Gasteiger partial charge in [-0.05, 0) is 37.8 Å². The molecule has 0 amide bonds. The molecule has 2 saturated heterocycles. The maximum Gasteiger partial charge on any atom is 0.0137 e. The van der Waals surface area contributed by atoms with Gasteiger partial charge >= 0.3 is 0 Å². The van der Waals surface area contributed by atoms with Gasteiger partial charge in [0.1, 0.15) is 0 Å². The van der Waals surface area contributed by atoms with Gasteiger partial charge in [0.25, 0.3) is 0 Å². The van der Waals surface area contributed by atoms with Crippen molar-refractivity contribution in [2.45, 2.75) is 26.3 Å². The summed E-state index contributed by atoms with van der Waals surface area (Å²) in [6, 6.07) is 0.792. The fourth-order valence-electron chi connectivity index (χ4n) is 3.14. The number of likely N-dealkylation sites (tertiary alicyclic amines) is 1. The van der Waals surface area contributed by atoms with Crippen LogP contribution in [-0.2, 0) is 0 Å². The van der Waals surface area contributed by atoms with Crippen molar-refractivity contribution in [3.05, 3.63) is 0 Å². The SMILES string of the molecule is CC1CN(C)CC1C1NCCC1C. The maximum atomic E-state index is 3.67. The molecule has 0 aromatic carbocycles. The molecule has 2 aliphatic rings. The van der Waals surface area contributed by atoms with Gasteiger partial charge in [-0.15, -0.1) is 0 Å². The van der Waals surface area contributed by atoms with Crippen LogP contribution in [0.25, 0.3) is 0 Å². The molecule has 0 radical (unpaired) electrons. The van der Waals surface area contributed by atoms with Crippen LogP contribution in [0.4, 0.5) is 0 Å². The molecule has 2 aliphatic heterocycles. The Balaban J connectivity index is 1.99. The third-order valence-corrected chi connectivity index (χ3v) is 3.91. The molecule has 0 bridgehead atoms. The molecule has 0 saturated carbocycles. The Hall–Kier alpha value is -0.0800. The Morgan fingerprint density at radius 1 is 1.15 bits per heavy atom. The van der Waals surface area contributed by atoms with E-state index in [1.54, 1.807) is 0 Å². The van der Waals surface area contributed by atoms with Crippen LogP contribution in [0.1, 0.15) is 20.3 Å². The summed E-state index contributed by atoms with van der Waals surface area (Å²) in [7, 11) is 2.25. The Bertz CT molecular complexity index is 181. The largest absolute Gasteiger partial charge is 0.313 e. The first-order chi connectivity index (χ1) is 6.18. The van der Waals surface area contributed by atoms with Gasteiger partial charge in [-0.2, -0.15) is 0 Å². The molecule has 2 nitrogen and oxygen atoms in total. The zero-order chi connectivity index (χ0) is 9.42. The van der Waals surface area contributed by atoms with Crippen LogP contribution >= 0.6 is 0 Å². The molecule has 0 aliphatic carbocycles. The maximum absolute atomic E-state index is 3.67. The van der Waals surface area contributed by atoms with Crippen molar-refractivity contribution in [1.29, 1.82) is 0 Å². The van der Waals surface area contributed by atoms with Crippen molar-refractivity contribution in [2.24, 2.45) is 17.8 Å². The first-order valence-corrected chi connectivity index (χ1v) is 5.60. The molecule has 2 fully saturated rings. The summed E-state index contributed by atoms with van der Waals surface area (Å²) in [5.41, 5.74) is 0. The van der Waals surface area contributed by atoms with Gasteiger partial charge in [0.05, 0.1) is 0 Å². The molecule has 1 N–H and O–H groups in total. The van der Waals surface area contributed by atoms with Crippen molar-refractivity contribution in [1.82, 2.24) is 10.2 Å². The van der Waals surface area contributed by atoms with E-state index in [9.17, 15) is 0 Å². The highest BCUT2D eigenvalue weighted by molar-refractivity contribution is 4.93. The molecule has 4 unspecified atom stereocenters. The Morgan fingerprint density at radius 3 is 2.38 bits per heavy atom. The zero-order valence-corrected chi connectivity index (χ0v) is 9.09. The predicted molar refractivity (Wildman–Crippen MR) is 55.7 cm³/mol. The molecule has 0 aromatic heterocycles. The summed E-state index contributed by atoms with van der Waals surface area (Å²) in [5, 5.41) is 3.67. The van der Waals surface area contributed by atoms with E-state index < -0.39 is 0 Å². The number of hydrogen-bond donors (Lipinski definition) is 1. The minimum absolute atomic E-state index is 0.792. The van der Waals surface area contributed by atoms with Gasteiger partial charge in [-0.25, -0.2) is 0 Å². The van der Waals surface area contributed by atoms with E-state index >= 15 is 0 Å². The summed E-state index contributed by atoms with van der Waals surface area (Å²) in [6.45, 7) is 8.62. The van der Waals surface area contributed by atoms with Gasteiger partial charge < -0.3 is 10.2 Å². The van der Waals surface area contributed by atoms with Crippen LogP contribution < -0.4 is 5.32 Å². The predicted octanol–water partition coefficient (Wildman–Crippen LogP) is 1.18. The first-order valence-electron chi connectivity index (χ1n) is 5.60. The van der Waals surface area contributed by atoms with Crippen molar-refractivity contribution < 1.29 is 0 Å². The van der Waals surface area contributed by atoms with Crippen LogP contribution in [0.5, 0.6) is 0 Å². The van der Waals surface area contributed by atoms with E-state index in [1.165, 1.54) is 26.1 Å². The standard InChI is InChI=1S/C11H22N2/c1-8-4-5-12-11(8)10-7-13(3)6-9(10)2/h8-12H,4-7H2,1-3H3. The van der Waals surface area contributed by atoms with E-state index in [0.29, 0.717) is 0 Å². The Labute approximate surface area is 81.7 Å². The topological polar surface area (TPSA) is 15.3 Å². The highest BCUT2D eigenvalue weighted by Gasteiger charge is 2.37. The Morgan fingerprint density at radius 2 is 1.92 bits per heavy atom. The summed E-state index contributed by atoms with van der Waals surface area (Å²) < 4.78 is 0. The lowest BCUT2D eigenvalue weighted by molar-refractivity contribution is 0.290. The van der Waals surface area contributed by atoms with Gasteiger partial charge in [0.2, 0.25) is 0 Å². The lowest BCUT2D eigenvalue weighted by Gasteiger charge is -2.26. The van der Waals surface area contributed by atoms with E-state index in [2.05, 4.69) is 31.1 Å². The first kappa shape index (κ1) is 9.47. The molecular formula is C11H22N2. The molecular weight excluding hydrogens is 160 g/mol. The van der Waals surface area contributed by atoms with Gasteiger partial charge in [-0.1, -0.05) is 13.8 Å². The lowest BCUT2D eigenvalue weighted by atomic mass is 9.84. The minimum Gasteiger partial charge on any atom is -0.313 e. The minimum atomic E-state index is 0.792. The normalized spacial score (nSPS) is 47.3. The fourth-order valence-corrected chi connectivity index (χ4v) is 3.14. The van der Waals surface area contributed by atoms with Crippen molar-refractivity contribution >= 4 is 0 Å². The Kier molecular flexibility index (Phi) is 2.61. The van der Waals surface area contributed by atoms with Crippen LogP contribution in [0.2, 0.25) is 0 Å². The van der Waals surface area contributed by atoms with E-state index in [0.717, 1.165) is 23.8 Å². The van der Waals surface area contributed by atoms with Gasteiger partial charge in [0.15, 0.2) is 0 Å². The molecule has 2 rings (SSSR count). The summed E-state index contributed by atoms with van der Waals surface area (Å²) in [4.78, 5) is 2.47. The van der Waals surface area contributed by atoms with Crippen LogP contribution in [-0.4, -0.2) is 37.6 Å². The van der Waals surface area contributed by atoms with E-state index in [-0.39, 0.29) is 0 Å². The van der Waals surface area contributed by atoms with Crippen LogP contribution in [0.15, 0.2) is 0 Å². The molecule has 4 atom stereocenters. The van der Waals surface area contributed by atoms with E-state index in [4.69, 9.17) is 0 Å². The molecule has 2 heterocycles. The van der Waals surface area contributed by atoms with Gasteiger partial charge in [-0.3, -0.25) is 0 Å². The summed E-state index contributed by atoms with van der Waals surface area (Å²) in [5.74, 6) is 2.66.